The number of aromatic nitrogens is 1. The van der Waals surface area contributed by atoms with Crippen molar-refractivity contribution >= 4 is 41.3 Å². The van der Waals surface area contributed by atoms with Gasteiger partial charge in [-0.2, -0.15) is 0 Å². The molecule has 3 aromatic rings. The number of hydrogen-bond donors (Lipinski definition) is 2. The molecule has 0 aliphatic rings. The van der Waals surface area contributed by atoms with E-state index in [-0.39, 0.29) is 24.0 Å². The number of aryl methyl sites for hydroxylation is 1. The maximum Gasteiger partial charge on any atom is 0.191 e. The second-order valence-electron chi connectivity index (χ2n) is 6.71. The number of hydrogen-bond acceptors (Lipinski definition) is 4. The highest BCUT2D eigenvalue weighted by atomic mass is 127. The van der Waals surface area contributed by atoms with Crippen molar-refractivity contribution in [1.82, 2.24) is 15.6 Å². The highest BCUT2D eigenvalue weighted by molar-refractivity contribution is 14.0. The van der Waals surface area contributed by atoms with Gasteiger partial charge in [-0.1, -0.05) is 54.6 Å². The molecule has 1 heterocycles. The van der Waals surface area contributed by atoms with E-state index < -0.39 is 0 Å². The number of aliphatic imine (C=N–C) groups is 1. The Hall–Kier alpha value is -1.97. The Balaban J connectivity index is 0.00000320. The lowest BCUT2D eigenvalue weighted by atomic mass is 10.1. The molecule has 1 aromatic heterocycles. The van der Waals surface area contributed by atoms with Crippen molar-refractivity contribution in [3.63, 3.8) is 0 Å². The molecule has 160 valence electrons. The second-order valence-corrected chi connectivity index (χ2v) is 8.03. The topological polar surface area (TPSA) is 58.5 Å². The van der Waals surface area contributed by atoms with Crippen LogP contribution in [0.25, 0.3) is 0 Å². The lowest BCUT2D eigenvalue weighted by Crippen LogP contribution is -2.38. The molecule has 0 saturated carbocycles. The SMILES string of the molecule is CN=C(NCCc1ncc(C)s1)NCc1ccccc1COCc1ccccc1.I. The van der Waals surface area contributed by atoms with Gasteiger partial charge in [-0.05, 0) is 23.6 Å². The first-order valence-electron chi connectivity index (χ1n) is 9.79. The van der Waals surface area contributed by atoms with Crippen LogP contribution in [-0.4, -0.2) is 24.5 Å². The maximum absolute atomic E-state index is 5.92. The third-order valence-electron chi connectivity index (χ3n) is 4.46. The van der Waals surface area contributed by atoms with Crippen molar-refractivity contribution in [3.8, 4) is 0 Å². The van der Waals surface area contributed by atoms with E-state index in [4.69, 9.17) is 4.74 Å². The Kier molecular flexibility index (Phi) is 10.8. The van der Waals surface area contributed by atoms with E-state index in [0.29, 0.717) is 19.8 Å². The summed E-state index contributed by atoms with van der Waals surface area (Å²) in [4.78, 5) is 9.96. The summed E-state index contributed by atoms with van der Waals surface area (Å²) >= 11 is 1.74. The van der Waals surface area contributed by atoms with Gasteiger partial charge in [-0.25, -0.2) is 4.98 Å². The molecule has 0 spiro atoms. The standard InChI is InChI=1S/C23H28N4OS.HI/c1-18-14-26-22(29-18)12-13-25-23(24-2)27-15-20-10-6-7-11-21(20)17-28-16-19-8-4-3-5-9-19;/h3-11,14H,12-13,15-17H2,1-2H3,(H2,24,25,27);1H. The van der Waals surface area contributed by atoms with E-state index in [1.54, 1.807) is 18.4 Å². The highest BCUT2D eigenvalue weighted by Crippen LogP contribution is 2.12. The molecule has 0 aliphatic heterocycles. The van der Waals surface area contributed by atoms with Crippen LogP contribution in [0.2, 0.25) is 0 Å². The number of nitrogens with one attached hydrogen (secondary N) is 2. The number of thiazole rings is 1. The third kappa shape index (κ3) is 8.04. The van der Waals surface area contributed by atoms with Crippen LogP contribution in [0.4, 0.5) is 0 Å². The predicted molar refractivity (Wildman–Crippen MR) is 136 cm³/mol. The zero-order valence-electron chi connectivity index (χ0n) is 17.4. The first-order chi connectivity index (χ1) is 14.2. The quantitative estimate of drug-likeness (QED) is 0.237. The van der Waals surface area contributed by atoms with Gasteiger partial charge in [0.15, 0.2) is 5.96 Å². The molecule has 0 bridgehead atoms. The van der Waals surface area contributed by atoms with E-state index in [0.717, 1.165) is 23.9 Å². The van der Waals surface area contributed by atoms with Crippen molar-refractivity contribution < 1.29 is 4.74 Å². The van der Waals surface area contributed by atoms with Gasteiger partial charge in [0.25, 0.3) is 0 Å². The third-order valence-corrected chi connectivity index (χ3v) is 5.43. The van der Waals surface area contributed by atoms with Crippen molar-refractivity contribution in [2.24, 2.45) is 4.99 Å². The minimum Gasteiger partial charge on any atom is -0.372 e. The summed E-state index contributed by atoms with van der Waals surface area (Å²) in [6.07, 6.45) is 2.81. The molecule has 3 rings (SSSR count). The van der Waals surface area contributed by atoms with Crippen molar-refractivity contribution in [2.75, 3.05) is 13.6 Å². The average Bonchev–Trinajstić information content (AvgIpc) is 3.17. The van der Waals surface area contributed by atoms with Crippen LogP contribution in [0.3, 0.4) is 0 Å². The molecular formula is C23H29IN4OS. The summed E-state index contributed by atoms with van der Waals surface area (Å²) in [7, 11) is 1.79. The highest BCUT2D eigenvalue weighted by Gasteiger charge is 2.05. The Labute approximate surface area is 200 Å². The lowest BCUT2D eigenvalue weighted by molar-refractivity contribution is 0.106. The molecule has 2 N–H and O–H groups in total. The molecule has 0 amide bonds. The zero-order chi connectivity index (χ0) is 20.3. The van der Waals surface area contributed by atoms with Crippen molar-refractivity contribution in [1.29, 1.82) is 0 Å². The first-order valence-corrected chi connectivity index (χ1v) is 10.6. The Bertz CT molecular complexity index is 914. The fourth-order valence-corrected chi connectivity index (χ4v) is 3.71. The van der Waals surface area contributed by atoms with Crippen LogP contribution in [-0.2, 0) is 30.9 Å². The summed E-state index contributed by atoms with van der Waals surface area (Å²) in [5.74, 6) is 0.790. The molecule has 0 atom stereocenters. The van der Waals surface area contributed by atoms with Gasteiger partial charge < -0.3 is 15.4 Å². The van der Waals surface area contributed by atoms with Gasteiger partial charge in [0.2, 0.25) is 0 Å². The minimum atomic E-state index is 0. The van der Waals surface area contributed by atoms with E-state index in [2.05, 4.69) is 57.9 Å². The number of halogens is 1. The molecule has 7 heteroatoms. The predicted octanol–water partition coefficient (Wildman–Crippen LogP) is 4.69. The monoisotopic (exact) mass is 536 g/mol. The molecular weight excluding hydrogens is 507 g/mol. The summed E-state index contributed by atoms with van der Waals surface area (Å²) in [5.41, 5.74) is 3.58. The molecule has 2 aromatic carbocycles. The molecule has 30 heavy (non-hydrogen) atoms. The summed E-state index contributed by atoms with van der Waals surface area (Å²) in [5, 5.41) is 7.89. The molecule has 0 unspecified atom stereocenters. The van der Waals surface area contributed by atoms with Crippen molar-refractivity contribution in [2.45, 2.75) is 33.1 Å². The number of rotatable bonds is 9. The van der Waals surface area contributed by atoms with Gasteiger partial charge in [-0.15, -0.1) is 35.3 Å². The van der Waals surface area contributed by atoms with Crippen LogP contribution >= 0.6 is 35.3 Å². The smallest absolute Gasteiger partial charge is 0.191 e. The van der Waals surface area contributed by atoms with Crippen LogP contribution in [0.5, 0.6) is 0 Å². The van der Waals surface area contributed by atoms with Gasteiger partial charge in [-0.3, -0.25) is 4.99 Å². The molecule has 5 nitrogen and oxygen atoms in total. The summed E-state index contributed by atoms with van der Waals surface area (Å²) in [6, 6.07) is 18.6. The first kappa shape index (κ1) is 24.3. The van der Waals surface area contributed by atoms with Crippen molar-refractivity contribution in [3.05, 3.63) is 87.4 Å². The fourth-order valence-electron chi connectivity index (χ4n) is 2.93. The molecule has 0 aliphatic carbocycles. The minimum absolute atomic E-state index is 0. The van der Waals surface area contributed by atoms with Crippen LogP contribution in [0.15, 0.2) is 65.8 Å². The van der Waals surface area contributed by atoms with Crippen LogP contribution in [0.1, 0.15) is 26.6 Å². The van der Waals surface area contributed by atoms with Crippen LogP contribution < -0.4 is 10.6 Å². The number of ether oxygens (including phenoxy) is 1. The Morgan fingerprint density at radius 3 is 2.43 bits per heavy atom. The van der Waals surface area contributed by atoms with Gasteiger partial charge in [0.05, 0.1) is 18.2 Å². The second kappa shape index (κ2) is 13.4. The van der Waals surface area contributed by atoms with E-state index in [1.165, 1.54) is 21.6 Å². The summed E-state index contributed by atoms with van der Waals surface area (Å²) < 4.78 is 5.92. The summed E-state index contributed by atoms with van der Waals surface area (Å²) in [6.45, 7) is 4.77. The molecule has 0 saturated heterocycles. The largest absolute Gasteiger partial charge is 0.372 e. The van der Waals surface area contributed by atoms with E-state index in [1.807, 2.05) is 30.5 Å². The molecule has 0 fully saturated rings. The number of benzene rings is 2. The maximum atomic E-state index is 5.92. The van der Waals surface area contributed by atoms with Gasteiger partial charge in [0, 0.05) is 37.6 Å². The van der Waals surface area contributed by atoms with Crippen LogP contribution in [0, 0.1) is 6.92 Å². The zero-order valence-corrected chi connectivity index (χ0v) is 20.6. The van der Waals surface area contributed by atoms with Gasteiger partial charge in [0.1, 0.15) is 0 Å². The lowest BCUT2D eigenvalue weighted by Gasteiger charge is -2.14. The average molecular weight is 536 g/mol. The fraction of sp³-hybridized carbons (Fsp3) is 0.304. The normalized spacial score (nSPS) is 11.1. The van der Waals surface area contributed by atoms with E-state index >= 15 is 0 Å². The van der Waals surface area contributed by atoms with Gasteiger partial charge >= 0.3 is 0 Å². The Morgan fingerprint density at radius 1 is 1.00 bits per heavy atom. The van der Waals surface area contributed by atoms with E-state index in [9.17, 15) is 0 Å². The number of nitrogens with zero attached hydrogens (tertiary/aromatic N) is 2. The Morgan fingerprint density at radius 2 is 1.73 bits per heavy atom. The molecule has 0 radical (unpaired) electrons. The number of guanidine groups is 1.